The third-order valence-corrected chi connectivity index (χ3v) is 3.03. The number of fused-ring (bicyclic) bond motifs is 1. The topological polar surface area (TPSA) is 84.1 Å². The second-order valence-corrected chi connectivity index (χ2v) is 4.45. The average Bonchev–Trinajstić information content (AvgIpc) is 2.88. The van der Waals surface area contributed by atoms with Crippen molar-refractivity contribution in [2.45, 2.75) is 6.61 Å². The highest BCUT2D eigenvalue weighted by atomic mass is 16.5. The van der Waals surface area contributed by atoms with Gasteiger partial charge in [0, 0.05) is 6.07 Å². The summed E-state index contributed by atoms with van der Waals surface area (Å²) in [6, 6.07) is 11.3. The van der Waals surface area contributed by atoms with E-state index >= 15 is 0 Å². The van der Waals surface area contributed by atoms with Crippen LogP contribution < -0.4 is 4.74 Å². The van der Waals surface area contributed by atoms with Crippen LogP contribution in [0.4, 0.5) is 0 Å². The average molecular weight is 284 g/mol. The lowest BCUT2D eigenvalue weighted by Gasteiger charge is -2.08. The molecule has 2 aromatic heterocycles. The molecule has 106 valence electrons. The van der Waals surface area contributed by atoms with Crippen molar-refractivity contribution in [1.82, 2.24) is 9.38 Å². The number of ether oxygens (including phenoxy) is 1. The van der Waals surface area contributed by atoms with Crippen LogP contribution in [0.3, 0.4) is 0 Å². The van der Waals surface area contributed by atoms with Crippen molar-refractivity contribution in [3.8, 4) is 11.5 Å². The zero-order chi connectivity index (χ0) is 14.8. The molecule has 0 bridgehead atoms. The van der Waals surface area contributed by atoms with Gasteiger partial charge in [-0.1, -0.05) is 12.1 Å². The van der Waals surface area contributed by atoms with E-state index in [2.05, 4.69) is 4.98 Å². The molecule has 6 heteroatoms. The number of aromatic nitrogens is 2. The summed E-state index contributed by atoms with van der Waals surface area (Å²) in [7, 11) is 0. The molecule has 21 heavy (non-hydrogen) atoms. The van der Waals surface area contributed by atoms with Gasteiger partial charge in [-0.15, -0.1) is 0 Å². The summed E-state index contributed by atoms with van der Waals surface area (Å²) in [4.78, 5) is 15.4. The van der Waals surface area contributed by atoms with Crippen LogP contribution in [0.2, 0.25) is 0 Å². The minimum absolute atomic E-state index is 0.108. The van der Waals surface area contributed by atoms with E-state index < -0.39 is 5.97 Å². The number of aromatic carboxylic acids is 1. The molecule has 0 saturated heterocycles. The number of hydrogen-bond acceptors (Lipinski definition) is 4. The Morgan fingerprint density at radius 1 is 1.24 bits per heavy atom. The lowest BCUT2D eigenvalue weighted by Crippen LogP contribution is -2.08. The number of phenolic OH excluding ortho intramolecular Hbond substituents is 1. The number of carboxylic acid groups (broad SMARTS) is 1. The predicted octanol–water partition coefficient (Wildman–Crippen LogP) is 2.32. The van der Waals surface area contributed by atoms with Crippen molar-refractivity contribution >= 4 is 11.6 Å². The summed E-state index contributed by atoms with van der Waals surface area (Å²) in [5, 5.41) is 18.6. The zero-order valence-corrected chi connectivity index (χ0v) is 10.9. The molecule has 0 saturated carbocycles. The van der Waals surface area contributed by atoms with Crippen LogP contribution >= 0.6 is 0 Å². The Kier molecular flexibility index (Phi) is 3.19. The lowest BCUT2D eigenvalue weighted by molar-refractivity contribution is 0.0688. The number of benzene rings is 1. The Labute approximate surface area is 119 Å². The number of imidazole rings is 1. The van der Waals surface area contributed by atoms with Gasteiger partial charge in [0.2, 0.25) is 0 Å². The molecule has 3 aromatic rings. The van der Waals surface area contributed by atoms with Crippen molar-refractivity contribution in [2.24, 2.45) is 0 Å². The number of carboxylic acids is 1. The molecule has 0 radical (unpaired) electrons. The van der Waals surface area contributed by atoms with Crippen molar-refractivity contribution < 1.29 is 19.7 Å². The first-order chi connectivity index (χ1) is 10.1. The molecule has 0 unspecified atom stereocenters. The van der Waals surface area contributed by atoms with E-state index in [1.807, 2.05) is 0 Å². The van der Waals surface area contributed by atoms with Crippen LogP contribution in [0.5, 0.6) is 11.5 Å². The zero-order valence-electron chi connectivity index (χ0n) is 10.9. The number of nitrogens with zero attached hydrogens (tertiary/aromatic N) is 2. The second-order valence-electron chi connectivity index (χ2n) is 4.45. The highest BCUT2D eigenvalue weighted by molar-refractivity contribution is 5.86. The van der Waals surface area contributed by atoms with Crippen molar-refractivity contribution in [3.63, 3.8) is 0 Å². The molecule has 0 atom stereocenters. The molecular weight excluding hydrogens is 272 g/mol. The van der Waals surface area contributed by atoms with Crippen LogP contribution in [-0.2, 0) is 6.61 Å². The first-order valence-electron chi connectivity index (χ1n) is 6.25. The van der Waals surface area contributed by atoms with Gasteiger partial charge in [0.1, 0.15) is 29.4 Å². The molecule has 0 spiro atoms. The van der Waals surface area contributed by atoms with Gasteiger partial charge in [0.15, 0.2) is 0 Å². The van der Waals surface area contributed by atoms with E-state index in [1.165, 1.54) is 16.5 Å². The third-order valence-electron chi connectivity index (χ3n) is 3.03. The summed E-state index contributed by atoms with van der Waals surface area (Å²) >= 11 is 0. The molecular formula is C15H12N2O4. The minimum Gasteiger partial charge on any atom is -0.508 e. The number of hydrogen-bond donors (Lipinski definition) is 2. The lowest BCUT2D eigenvalue weighted by atomic mass is 10.3. The molecule has 2 N–H and O–H groups in total. The highest BCUT2D eigenvalue weighted by Crippen LogP contribution is 2.19. The Hall–Kier alpha value is -3.02. The van der Waals surface area contributed by atoms with E-state index in [4.69, 9.17) is 4.74 Å². The molecule has 0 fully saturated rings. The van der Waals surface area contributed by atoms with Crippen LogP contribution in [0.15, 0.2) is 48.7 Å². The van der Waals surface area contributed by atoms with Gasteiger partial charge in [-0.3, -0.25) is 4.40 Å². The molecule has 0 aliphatic rings. The fourth-order valence-electron chi connectivity index (χ4n) is 2.10. The highest BCUT2D eigenvalue weighted by Gasteiger charge is 2.12. The fraction of sp³-hybridized carbons (Fsp3) is 0.0667. The van der Waals surface area contributed by atoms with Crippen LogP contribution in [0.25, 0.3) is 5.65 Å². The van der Waals surface area contributed by atoms with Crippen molar-refractivity contribution in [1.29, 1.82) is 0 Å². The molecule has 0 aliphatic heterocycles. The van der Waals surface area contributed by atoms with E-state index in [0.29, 0.717) is 17.1 Å². The summed E-state index contributed by atoms with van der Waals surface area (Å²) in [6.45, 7) is 0.148. The number of phenols is 1. The number of rotatable bonds is 4. The molecule has 6 nitrogen and oxygen atoms in total. The predicted molar refractivity (Wildman–Crippen MR) is 74.6 cm³/mol. The molecule has 0 amide bonds. The Bertz CT molecular complexity index is 810. The molecule has 3 rings (SSSR count). The Morgan fingerprint density at radius 3 is 2.81 bits per heavy atom. The van der Waals surface area contributed by atoms with Gasteiger partial charge in [-0.05, 0) is 24.3 Å². The van der Waals surface area contributed by atoms with E-state index in [1.54, 1.807) is 36.5 Å². The molecule has 1 aromatic carbocycles. The fourth-order valence-corrected chi connectivity index (χ4v) is 2.10. The maximum absolute atomic E-state index is 11.3. The maximum atomic E-state index is 11.3. The quantitative estimate of drug-likeness (QED) is 0.768. The second kappa shape index (κ2) is 5.16. The SMILES string of the molecule is O=C(O)c1cccc2ncc(COc3cccc(O)c3)n12. The Morgan fingerprint density at radius 2 is 2.05 bits per heavy atom. The van der Waals surface area contributed by atoms with E-state index in [9.17, 15) is 15.0 Å². The summed E-state index contributed by atoms with van der Waals surface area (Å²) in [6.07, 6.45) is 1.57. The molecule has 0 aliphatic carbocycles. The van der Waals surface area contributed by atoms with Crippen LogP contribution in [0.1, 0.15) is 16.2 Å². The maximum Gasteiger partial charge on any atom is 0.352 e. The summed E-state index contributed by atoms with van der Waals surface area (Å²) < 4.78 is 7.09. The largest absolute Gasteiger partial charge is 0.508 e. The Balaban J connectivity index is 1.92. The van der Waals surface area contributed by atoms with Crippen LogP contribution in [0, 0.1) is 0 Å². The van der Waals surface area contributed by atoms with Gasteiger partial charge in [-0.25, -0.2) is 9.78 Å². The first-order valence-corrected chi connectivity index (χ1v) is 6.25. The first kappa shape index (κ1) is 13.0. The van der Waals surface area contributed by atoms with Gasteiger partial charge in [0.05, 0.1) is 11.9 Å². The standard InChI is InChI=1S/C15H12N2O4/c18-11-3-1-4-12(7-11)21-9-10-8-16-14-6-2-5-13(15(19)20)17(10)14/h1-8,18H,9H2,(H,19,20). The van der Waals surface area contributed by atoms with Gasteiger partial charge >= 0.3 is 5.97 Å². The summed E-state index contributed by atoms with van der Waals surface area (Å²) in [5.74, 6) is -0.424. The van der Waals surface area contributed by atoms with Crippen molar-refractivity contribution in [3.05, 3.63) is 60.0 Å². The van der Waals surface area contributed by atoms with E-state index in [0.717, 1.165) is 0 Å². The summed E-state index contributed by atoms with van der Waals surface area (Å²) in [5.41, 5.74) is 1.29. The van der Waals surface area contributed by atoms with Crippen LogP contribution in [-0.4, -0.2) is 25.6 Å². The normalized spacial score (nSPS) is 10.7. The minimum atomic E-state index is -1.03. The van der Waals surface area contributed by atoms with E-state index in [-0.39, 0.29) is 18.1 Å². The monoisotopic (exact) mass is 284 g/mol. The number of aromatic hydroxyl groups is 1. The third kappa shape index (κ3) is 2.51. The number of carbonyl (C=O) groups is 1. The van der Waals surface area contributed by atoms with Gasteiger partial charge < -0.3 is 14.9 Å². The molecule has 2 heterocycles. The van der Waals surface area contributed by atoms with Gasteiger partial charge in [0.25, 0.3) is 0 Å². The van der Waals surface area contributed by atoms with Gasteiger partial charge in [-0.2, -0.15) is 0 Å². The number of pyridine rings is 1. The van der Waals surface area contributed by atoms with Crippen molar-refractivity contribution in [2.75, 3.05) is 0 Å². The smallest absolute Gasteiger partial charge is 0.352 e.